The van der Waals surface area contributed by atoms with E-state index in [-0.39, 0.29) is 53.5 Å². The third-order valence-corrected chi connectivity index (χ3v) is 9.52. The lowest BCUT2D eigenvalue weighted by Gasteiger charge is -2.38. The van der Waals surface area contributed by atoms with E-state index in [2.05, 4.69) is 10.0 Å². The van der Waals surface area contributed by atoms with Crippen LogP contribution >= 0.6 is 0 Å². The highest BCUT2D eigenvalue weighted by Crippen LogP contribution is 2.32. The quantitative estimate of drug-likeness (QED) is 0.232. The molecular formula is C34H38N4O7S. The predicted molar refractivity (Wildman–Crippen MR) is 177 cm³/mol. The van der Waals surface area contributed by atoms with Crippen molar-refractivity contribution in [2.45, 2.75) is 30.9 Å². The van der Waals surface area contributed by atoms with Gasteiger partial charge in [0.15, 0.2) is 0 Å². The number of aliphatic hydroxyl groups excluding tert-OH is 1. The number of nitrogens with zero attached hydrogens (tertiary/aromatic N) is 2. The number of hydrogen-bond acceptors (Lipinski definition) is 7. The maximum absolute atomic E-state index is 13.8. The van der Waals surface area contributed by atoms with Crippen molar-refractivity contribution in [1.82, 2.24) is 9.80 Å². The second-order valence-electron chi connectivity index (χ2n) is 11.5. The highest BCUT2D eigenvalue weighted by molar-refractivity contribution is 7.92. The van der Waals surface area contributed by atoms with Crippen molar-refractivity contribution >= 4 is 44.1 Å². The molecule has 3 atom stereocenters. The molecule has 0 aromatic heterocycles. The minimum absolute atomic E-state index is 0.0249. The van der Waals surface area contributed by atoms with E-state index < -0.39 is 28.1 Å². The fraction of sp³-hybridized carbons (Fsp3) is 0.294. The summed E-state index contributed by atoms with van der Waals surface area (Å²) in [6.45, 7) is 3.83. The summed E-state index contributed by atoms with van der Waals surface area (Å²) in [5.74, 6) is 0.120. The number of aliphatic hydroxyl groups is 1. The Morgan fingerprint density at radius 2 is 1.80 bits per heavy atom. The fourth-order valence-electron chi connectivity index (χ4n) is 5.37. The van der Waals surface area contributed by atoms with Crippen LogP contribution in [0.25, 0.3) is 10.8 Å². The molecule has 0 radical (unpaired) electrons. The molecule has 0 saturated carbocycles. The van der Waals surface area contributed by atoms with Crippen molar-refractivity contribution in [1.29, 1.82) is 0 Å². The van der Waals surface area contributed by atoms with E-state index in [0.29, 0.717) is 11.4 Å². The van der Waals surface area contributed by atoms with E-state index in [9.17, 15) is 23.1 Å². The first-order valence-corrected chi connectivity index (χ1v) is 16.4. The van der Waals surface area contributed by atoms with Crippen LogP contribution in [0, 0.1) is 5.92 Å². The summed E-state index contributed by atoms with van der Waals surface area (Å²) in [4.78, 5) is 30.2. The Labute approximate surface area is 268 Å². The van der Waals surface area contributed by atoms with Gasteiger partial charge < -0.3 is 29.7 Å². The molecule has 1 heterocycles. The van der Waals surface area contributed by atoms with Gasteiger partial charge in [-0.2, -0.15) is 0 Å². The number of ether oxygens (including phenoxy) is 2. The third-order valence-electron chi connectivity index (χ3n) is 8.12. The Hall–Kier alpha value is -4.81. The van der Waals surface area contributed by atoms with Gasteiger partial charge in [-0.25, -0.2) is 13.2 Å². The molecule has 1 aliphatic heterocycles. The third kappa shape index (κ3) is 7.03. The summed E-state index contributed by atoms with van der Waals surface area (Å²) in [7, 11) is -0.817. The maximum atomic E-state index is 13.8. The molecule has 12 heteroatoms. The second kappa shape index (κ2) is 13.7. The van der Waals surface area contributed by atoms with Crippen molar-refractivity contribution in [3.8, 4) is 11.5 Å². The molecule has 46 heavy (non-hydrogen) atoms. The van der Waals surface area contributed by atoms with Crippen LogP contribution in [0.2, 0.25) is 0 Å². The zero-order valence-corrected chi connectivity index (χ0v) is 27.0. The van der Waals surface area contributed by atoms with Crippen LogP contribution < -0.4 is 19.5 Å². The average Bonchev–Trinajstić information content (AvgIpc) is 3.06. The van der Waals surface area contributed by atoms with E-state index in [4.69, 9.17) is 9.47 Å². The van der Waals surface area contributed by atoms with Gasteiger partial charge in [0.25, 0.3) is 15.9 Å². The molecule has 11 nitrogen and oxygen atoms in total. The maximum Gasteiger partial charge on any atom is 0.321 e. The summed E-state index contributed by atoms with van der Waals surface area (Å²) in [6, 6.07) is 23.1. The average molecular weight is 647 g/mol. The monoisotopic (exact) mass is 646 g/mol. The molecule has 0 aliphatic carbocycles. The first kappa shape index (κ1) is 32.6. The number of carbonyl (C=O) groups excluding carboxylic acids is 2. The minimum atomic E-state index is -3.98. The fourth-order valence-corrected chi connectivity index (χ4v) is 6.42. The lowest BCUT2D eigenvalue weighted by Crippen LogP contribution is -2.50. The summed E-state index contributed by atoms with van der Waals surface area (Å²) < 4.78 is 40.3. The SMILES string of the molecule is COc1ccc(S(=O)(=O)Nc2ccc3c(c2)C(=O)N([C@@H](C)CO)C[C@@H](C)[C@H](CN(C)C(=O)Nc2cccc4ccccc24)O3)cc1. The summed E-state index contributed by atoms with van der Waals surface area (Å²) in [6.07, 6.45) is -0.537. The van der Waals surface area contributed by atoms with Gasteiger partial charge in [0.05, 0.1) is 42.4 Å². The number of urea groups is 1. The molecular weight excluding hydrogens is 608 g/mol. The second-order valence-corrected chi connectivity index (χ2v) is 13.1. The summed E-state index contributed by atoms with van der Waals surface area (Å²) in [5.41, 5.74) is 0.986. The molecule has 0 saturated heterocycles. The molecule has 3 amide bonds. The highest BCUT2D eigenvalue weighted by atomic mass is 32.2. The molecule has 3 N–H and O–H groups in total. The van der Waals surface area contributed by atoms with E-state index in [1.54, 1.807) is 37.1 Å². The van der Waals surface area contributed by atoms with Crippen LogP contribution in [0.3, 0.4) is 0 Å². The number of likely N-dealkylation sites (N-methyl/N-ethyl adjacent to an activating group) is 1. The number of methoxy groups -OCH3 is 1. The normalized spacial score (nSPS) is 17.2. The standard InChI is InChI=1S/C34H38N4O7S/c1-22-19-38(23(2)21-39)33(40)29-18-25(36-46(42,43)27-15-13-26(44-4)14-16-27)12-17-31(29)45-32(22)20-37(3)34(41)35-30-11-7-9-24-8-5-6-10-28(24)30/h5-18,22-23,32,36,39H,19-21H2,1-4H3,(H,35,41)/t22-,23+,32+/m1/s1. The van der Waals surface area contributed by atoms with Gasteiger partial charge in [-0.1, -0.05) is 43.3 Å². The zero-order chi connectivity index (χ0) is 33.0. The number of rotatable bonds is 9. The first-order chi connectivity index (χ1) is 22.0. The summed E-state index contributed by atoms with van der Waals surface area (Å²) >= 11 is 0. The number of fused-ring (bicyclic) bond motifs is 2. The molecule has 0 unspecified atom stereocenters. The van der Waals surface area contributed by atoms with Crippen LogP contribution in [0.5, 0.6) is 11.5 Å². The number of nitrogens with one attached hydrogen (secondary N) is 2. The predicted octanol–water partition coefficient (Wildman–Crippen LogP) is 5.03. The number of carbonyl (C=O) groups is 2. The van der Waals surface area contributed by atoms with Gasteiger partial charge in [0.1, 0.15) is 17.6 Å². The van der Waals surface area contributed by atoms with E-state index in [0.717, 1.165) is 10.8 Å². The van der Waals surface area contributed by atoms with Crippen molar-refractivity contribution in [3.63, 3.8) is 0 Å². The molecule has 1 aliphatic rings. The smallest absolute Gasteiger partial charge is 0.321 e. The van der Waals surface area contributed by atoms with Gasteiger partial charge in [0, 0.05) is 30.6 Å². The Balaban J connectivity index is 1.40. The van der Waals surface area contributed by atoms with E-state index in [1.165, 1.54) is 36.3 Å². The van der Waals surface area contributed by atoms with E-state index in [1.807, 2.05) is 49.4 Å². The number of sulfonamides is 1. The summed E-state index contributed by atoms with van der Waals surface area (Å²) in [5, 5.41) is 14.9. The van der Waals surface area contributed by atoms with Crippen molar-refractivity contribution < 1.29 is 32.6 Å². The van der Waals surface area contributed by atoms with Crippen molar-refractivity contribution in [2.75, 3.05) is 43.9 Å². The van der Waals surface area contributed by atoms with Crippen LogP contribution in [0.1, 0.15) is 24.2 Å². The molecule has 242 valence electrons. The van der Waals surface area contributed by atoms with Gasteiger partial charge >= 0.3 is 6.03 Å². The Morgan fingerprint density at radius 3 is 2.52 bits per heavy atom. The molecule has 0 bridgehead atoms. The molecule has 4 aromatic carbocycles. The lowest BCUT2D eigenvalue weighted by molar-refractivity contribution is 0.0371. The van der Waals surface area contributed by atoms with Crippen LogP contribution in [0.4, 0.5) is 16.2 Å². The van der Waals surface area contributed by atoms with E-state index >= 15 is 0 Å². The Kier molecular flexibility index (Phi) is 9.68. The number of anilines is 2. The van der Waals surface area contributed by atoms with Crippen LogP contribution in [0.15, 0.2) is 89.8 Å². The van der Waals surface area contributed by atoms with Gasteiger partial charge in [0.2, 0.25) is 0 Å². The number of hydrogen-bond donors (Lipinski definition) is 3. The van der Waals surface area contributed by atoms with Crippen molar-refractivity contribution in [3.05, 3.63) is 90.5 Å². The Bertz CT molecular complexity index is 1830. The Morgan fingerprint density at radius 1 is 1.09 bits per heavy atom. The molecule has 0 fully saturated rings. The number of amides is 3. The van der Waals surface area contributed by atoms with Gasteiger partial charge in [-0.05, 0) is 60.8 Å². The zero-order valence-electron chi connectivity index (χ0n) is 26.1. The molecule has 4 aromatic rings. The molecule has 5 rings (SSSR count). The topological polar surface area (TPSA) is 138 Å². The van der Waals surface area contributed by atoms with Crippen molar-refractivity contribution in [2.24, 2.45) is 5.92 Å². The van der Waals surface area contributed by atoms with Crippen LogP contribution in [-0.4, -0.2) is 81.3 Å². The van der Waals surface area contributed by atoms with Gasteiger partial charge in [-0.15, -0.1) is 0 Å². The van der Waals surface area contributed by atoms with Crippen LogP contribution in [-0.2, 0) is 10.0 Å². The molecule has 0 spiro atoms. The largest absolute Gasteiger partial charge is 0.497 e. The first-order valence-electron chi connectivity index (χ1n) is 14.9. The highest BCUT2D eigenvalue weighted by Gasteiger charge is 2.34. The lowest BCUT2D eigenvalue weighted by atomic mass is 9.99. The van der Waals surface area contributed by atoms with Gasteiger partial charge in [-0.3, -0.25) is 9.52 Å². The minimum Gasteiger partial charge on any atom is -0.497 e. The number of benzene rings is 4.